The molecule has 0 amide bonds. The number of carbonyl (C=O) groups is 1. The molecule has 0 aliphatic heterocycles. The molecule has 0 radical (unpaired) electrons. The molecule has 0 unspecified atom stereocenters. The summed E-state index contributed by atoms with van der Waals surface area (Å²) in [5.74, 6) is -0.426. The number of rotatable bonds is 12. The number of hydrogen-bond acceptors (Lipinski definition) is 11. The minimum absolute atomic E-state index is 0.0196. The molecule has 12 nitrogen and oxygen atoms in total. The van der Waals surface area contributed by atoms with E-state index in [2.05, 4.69) is 15.5 Å². The first-order chi connectivity index (χ1) is 17.6. The molecule has 0 saturated carbocycles. The van der Waals surface area contributed by atoms with E-state index in [9.17, 15) is 9.90 Å². The Morgan fingerprint density at radius 1 is 1.16 bits per heavy atom. The number of halogens is 1. The Morgan fingerprint density at radius 3 is 2.46 bits per heavy atom. The van der Waals surface area contributed by atoms with Crippen LogP contribution in [0.4, 0.5) is 0 Å². The topological polar surface area (TPSA) is 199 Å². The molecule has 1 aromatic carbocycles. The Kier molecular flexibility index (Phi) is 12.1. The van der Waals surface area contributed by atoms with Crippen LogP contribution in [0.5, 0.6) is 5.75 Å². The number of aliphatic hydroxyl groups is 5. The standard InChI is InChI=1S/C17H15ClN2O4.C7H17NO5/c1-10(13-4-2-3-7-19-13)23-16-9-15-11(8-12(16)18)14(20-24-15)5-6-17(21)22;1-8-2-4(10)6(12)7(13)5(11)3-9/h2-4,7-10H,5-6H2,1H3,(H,21,22);4-13H,2-3H2,1H3/t10-;4-,5+,6+,7+/m10/s1. The number of carboxylic acid groups (broad SMARTS) is 1. The number of nitrogens with one attached hydrogen (secondary N) is 1. The second-order valence-electron chi connectivity index (χ2n) is 8.17. The van der Waals surface area contributed by atoms with E-state index in [-0.39, 0.29) is 25.5 Å². The highest BCUT2D eigenvalue weighted by atomic mass is 35.5. The van der Waals surface area contributed by atoms with Crippen molar-refractivity contribution in [1.82, 2.24) is 15.5 Å². The third kappa shape index (κ3) is 8.90. The number of likely N-dealkylation sites (N-methyl/N-ethyl adjacent to an activating group) is 1. The quantitative estimate of drug-likeness (QED) is 0.169. The van der Waals surface area contributed by atoms with E-state index in [1.54, 1.807) is 25.4 Å². The summed E-state index contributed by atoms with van der Waals surface area (Å²) in [5.41, 5.74) is 1.86. The van der Waals surface area contributed by atoms with Crippen LogP contribution in [0.25, 0.3) is 11.0 Å². The Balaban J connectivity index is 0.000000317. The van der Waals surface area contributed by atoms with Crippen LogP contribution in [0, 0.1) is 0 Å². The van der Waals surface area contributed by atoms with Crippen molar-refractivity contribution in [3.63, 3.8) is 0 Å². The molecule has 0 spiro atoms. The van der Waals surface area contributed by atoms with Gasteiger partial charge in [0, 0.05) is 30.6 Å². The minimum atomic E-state index is -1.55. The Labute approximate surface area is 218 Å². The molecule has 7 N–H and O–H groups in total. The molecule has 0 saturated heterocycles. The molecule has 0 bridgehead atoms. The summed E-state index contributed by atoms with van der Waals surface area (Å²) in [6.07, 6.45) is -3.97. The van der Waals surface area contributed by atoms with Crippen LogP contribution >= 0.6 is 11.6 Å². The maximum absolute atomic E-state index is 10.7. The molecule has 13 heteroatoms. The fourth-order valence-electron chi connectivity index (χ4n) is 3.25. The largest absolute Gasteiger partial charge is 0.483 e. The highest BCUT2D eigenvalue weighted by molar-refractivity contribution is 6.32. The summed E-state index contributed by atoms with van der Waals surface area (Å²) in [6.45, 7) is 1.31. The summed E-state index contributed by atoms with van der Waals surface area (Å²) in [6, 6.07) is 8.94. The first kappa shape index (κ1) is 30.4. The zero-order chi connectivity index (χ0) is 27.5. The lowest BCUT2D eigenvalue weighted by atomic mass is 10.0. The highest BCUT2D eigenvalue weighted by Crippen LogP contribution is 2.34. The number of ether oxygens (including phenoxy) is 1. The fraction of sp³-hybridized carbons (Fsp3) is 0.458. The molecular formula is C24H32ClN3O9. The van der Waals surface area contributed by atoms with Crippen molar-refractivity contribution in [1.29, 1.82) is 0 Å². The van der Waals surface area contributed by atoms with Gasteiger partial charge in [-0.1, -0.05) is 22.8 Å². The average molecular weight is 542 g/mol. The summed E-state index contributed by atoms with van der Waals surface area (Å²) >= 11 is 6.30. The molecule has 5 atom stereocenters. The molecule has 37 heavy (non-hydrogen) atoms. The lowest BCUT2D eigenvalue weighted by Gasteiger charge is -2.25. The fourth-order valence-corrected chi connectivity index (χ4v) is 3.45. The van der Waals surface area contributed by atoms with Crippen LogP contribution in [0.1, 0.15) is 30.8 Å². The third-order valence-corrected chi connectivity index (χ3v) is 5.62. The Hall–Kier alpha value is -2.84. The third-order valence-electron chi connectivity index (χ3n) is 5.32. The van der Waals surface area contributed by atoms with Gasteiger partial charge in [-0.25, -0.2) is 0 Å². The second kappa shape index (κ2) is 14.8. The van der Waals surface area contributed by atoms with Gasteiger partial charge in [0.1, 0.15) is 30.2 Å². The summed E-state index contributed by atoms with van der Waals surface area (Å²) in [7, 11) is 1.57. The zero-order valence-electron chi connectivity index (χ0n) is 20.4. The van der Waals surface area contributed by atoms with E-state index < -0.39 is 37.0 Å². The first-order valence-corrected chi connectivity index (χ1v) is 11.8. The number of fused-ring (bicyclic) bond motifs is 1. The molecule has 3 rings (SSSR count). The van der Waals surface area contributed by atoms with Crippen LogP contribution < -0.4 is 10.1 Å². The van der Waals surface area contributed by atoms with Gasteiger partial charge in [0.2, 0.25) is 0 Å². The highest BCUT2D eigenvalue weighted by Gasteiger charge is 2.29. The van der Waals surface area contributed by atoms with Gasteiger partial charge in [0.05, 0.1) is 35.5 Å². The second-order valence-corrected chi connectivity index (χ2v) is 8.58. The number of hydrogen-bond donors (Lipinski definition) is 7. The maximum atomic E-state index is 10.7. The number of nitrogens with zero attached hydrogens (tertiary/aromatic N) is 2. The van der Waals surface area contributed by atoms with E-state index in [4.69, 9.17) is 46.4 Å². The van der Waals surface area contributed by atoms with E-state index in [1.165, 1.54) is 0 Å². The van der Waals surface area contributed by atoms with Gasteiger partial charge in [-0.05, 0) is 32.2 Å². The number of carboxylic acids is 1. The van der Waals surface area contributed by atoms with Crippen LogP contribution in [0.2, 0.25) is 5.02 Å². The van der Waals surface area contributed by atoms with Crippen molar-refractivity contribution in [2.45, 2.75) is 50.3 Å². The molecule has 3 aromatic rings. The molecule has 204 valence electrons. The summed E-state index contributed by atoms with van der Waals surface area (Å²) in [4.78, 5) is 14.9. The summed E-state index contributed by atoms with van der Waals surface area (Å²) < 4.78 is 11.1. The minimum Gasteiger partial charge on any atom is -0.483 e. The van der Waals surface area contributed by atoms with Gasteiger partial charge >= 0.3 is 5.97 Å². The van der Waals surface area contributed by atoms with Crippen LogP contribution in [0.3, 0.4) is 0 Å². The van der Waals surface area contributed by atoms with Gasteiger partial charge in [-0.15, -0.1) is 0 Å². The SMILES string of the molecule is CNC[C@H](O)[C@@H](O)[C@H](O)[C@H](O)CO.C[C@@H](Oc1cc2onc(CCC(=O)O)c2cc1Cl)c1ccccn1. The normalized spacial score (nSPS) is 15.2. The molecule has 0 aliphatic rings. The molecule has 0 aliphatic carbocycles. The Morgan fingerprint density at radius 2 is 1.86 bits per heavy atom. The van der Waals surface area contributed by atoms with Crippen molar-refractivity contribution in [2.75, 3.05) is 20.2 Å². The Bertz CT molecular complexity index is 1120. The van der Waals surface area contributed by atoms with Crippen molar-refractivity contribution in [2.24, 2.45) is 0 Å². The van der Waals surface area contributed by atoms with E-state index >= 15 is 0 Å². The lowest BCUT2D eigenvalue weighted by Crippen LogP contribution is -2.48. The lowest BCUT2D eigenvalue weighted by molar-refractivity contribution is -0.136. The van der Waals surface area contributed by atoms with E-state index in [0.29, 0.717) is 27.4 Å². The van der Waals surface area contributed by atoms with Crippen molar-refractivity contribution in [3.05, 3.63) is 52.9 Å². The average Bonchev–Trinajstić information content (AvgIpc) is 3.28. The monoisotopic (exact) mass is 541 g/mol. The number of aryl methyl sites for hydroxylation is 1. The van der Waals surface area contributed by atoms with Gasteiger partial charge in [0.25, 0.3) is 0 Å². The molecule has 0 fully saturated rings. The predicted molar refractivity (Wildman–Crippen MR) is 133 cm³/mol. The van der Waals surface area contributed by atoms with Gasteiger partial charge in [0.15, 0.2) is 5.58 Å². The number of aliphatic hydroxyl groups excluding tert-OH is 5. The van der Waals surface area contributed by atoms with Gasteiger partial charge < -0.3 is 45.2 Å². The smallest absolute Gasteiger partial charge is 0.303 e. The van der Waals surface area contributed by atoms with Crippen LogP contribution in [-0.2, 0) is 11.2 Å². The van der Waals surface area contributed by atoms with Crippen molar-refractivity contribution >= 4 is 28.5 Å². The van der Waals surface area contributed by atoms with Gasteiger partial charge in [-0.2, -0.15) is 0 Å². The number of pyridine rings is 1. The first-order valence-electron chi connectivity index (χ1n) is 11.4. The zero-order valence-corrected chi connectivity index (χ0v) is 21.1. The predicted octanol–water partition coefficient (Wildman–Crippen LogP) is 0.675. The maximum Gasteiger partial charge on any atom is 0.303 e. The summed E-state index contributed by atoms with van der Waals surface area (Å²) in [5, 5.41) is 61.3. The van der Waals surface area contributed by atoms with Crippen molar-refractivity contribution < 1.29 is 44.7 Å². The van der Waals surface area contributed by atoms with Gasteiger partial charge in [-0.3, -0.25) is 9.78 Å². The van der Waals surface area contributed by atoms with E-state index in [1.807, 2.05) is 25.1 Å². The molecule has 2 aromatic heterocycles. The number of benzene rings is 1. The molecule has 2 heterocycles. The number of aliphatic carboxylic acids is 1. The molecular weight excluding hydrogens is 510 g/mol. The van der Waals surface area contributed by atoms with E-state index in [0.717, 1.165) is 5.69 Å². The van der Waals surface area contributed by atoms with Crippen LogP contribution in [-0.4, -0.2) is 91.4 Å². The van der Waals surface area contributed by atoms with Crippen molar-refractivity contribution in [3.8, 4) is 5.75 Å². The van der Waals surface area contributed by atoms with Crippen LogP contribution in [0.15, 0.2) is 41.1 Å². The number of aromatic nitrogens is 2.